The van der Waals surface area contributed by atoms with E-state index in [-0.39, 0.29) is 0 Å². The number of halogens is 1. The summed E-state index contributed by atoms with van der Waals surface area (Å²) in [6, 6.07) is 5.26. The van der Waals surface area contributed by atoms with Gasteiger partial charge in [-0.15, -0.1) is 0 Å². The van der Waals surface area contributed by atoms with Gasteiger partial charge in [-0.3, -0.25) is 0 Å². The fourth-order valence-electron chi connectivity index (χ4n) is 2.58. The van der Waals surface area contributed by atoms with Gasteiger partial charge in [0.05, 0.1) is 11.3 Å². The van der Waals surface area contributed by atoms with Gasteiger partial charge in [-0.1, -0.05) is 20.8 Å². The number of carboxylic acids is 1. The monoisotopic (exact) mass is 325 g/mol. The van der Waals surface area contributed by atoms with Gasteiger partial charge in [0.1, 0.15) is 0 Å². The first-order chi connectivity index (χ1) is 8.79. The third-order valence-corrected chi connectivity index (χ3v) is 4.58. The lowest BCUT2D eigenvalue weighted by Crippen LogP contribution is -2.26. The van der Waals surface area contributed by atoms with Crippen LogP contribution in [0, 0.1) is 11.3 Å². The van der Waals surface area contributed by atoms with E-state index in [1.807, 2.05) is 6.07 Å². The largest absolute Gasteiger partial charge is 0.478 e. The summed E-state index contributed by atoms with van der Waals surface area (Å²) in [6.45, 7) is 8.92. The molecule has 1 atom stereocenters. The molecule has 0 bridgehead atoms. The molecule has 1 aliphatic heterocycles. The number of hydrogen-bond acceptors (Lipinski definition) is 2. The Hall–Kier alpha value is -1.03. The smallest absolute Gasteiger partial charge is 0.335 e. The van der Waals surface area contributed by atoms with Gasteiger partial charge >= 0.3 is 5.97 Å². The Kier molecular flexibility index (Phi) is 3.90. The molecule has 0 saturated carbocycles. The fraction of sp³-hybridized carbons (Fsp3) is 0.533. The van der Waals surface area contributed by atoms with Crippen LogP contribution in [0.25, 0.3) is 0 Å². The zero-order valence-electron chi connectivity index (χ0n) is 11.6. The Balaban J connectivity index is 2.18. The van der Waals surface area contributed by atoms with Crippen LogP contribution in [0.1, 0.15) is 37.6 Å². The molecule has 1 heterocycles. The first kappa shape index (κ1) is 14.4. The maximum Gasteiger partial charge on any atom is 0.335 e. The number of carbonyl (C=O) groups is 1. The molecule has 1 aromatic rings. The van der Waals surface area contributed by atoms with Gasteiger partial charge in [-0.2, -0.15) is 0 Å². The normalized spacial score (nSPS) is 19.8. The van der Waals surface area contributed by atoms with Crippen LogP contribution in [0.3, 0.4) is 0 Å². The second-order valence-corrected chi connectivity index (χ2v) is 7.12. The molecule has 3 nitrogen and oxygen atoms in total. The van der Waals surface area contributed by atoms with Crippen LogP contribution < -0.4 is 4.90 Å². The topological polar surface area (TPSA) is 40.5 Å². The zero-order valence-corrected chi connectivity index (χ0v) is 13.2. The Bertz CT molecular complexity index is 493. The van der Waals surface area contributed by atoms with Gasteiger partial charge in [0.15, 0.2) is 0 Å². The Morgan fingerprint density at radius 3 is 2.58 bits per heavy atom. The van der Waals surface area contributed by atoms with E-state index in [0.29, 0.717) is 16.9 Å². The molecule has 0 aromatic heterocycles. The van der Waals surface area contributed by atoms with Crippen molar-refractivity contribution < 1.29 is 9.90 Å². The van der Waals surface area contributed by atoms with Gasteiger partial charge in [0.25, 0.3) is 0 Å². The van der Waals surface area contributed by atoms with Crippen molar-refractivity contribution >= 4 is 27.6 Å². The summed E-state index contributed by atoms with van der Waals surface area (Å²) in [6.07, 6.45) is 1.19. The Morgan fingerprint density at radius 1 is 1.42 bits per heavy atom. The second kappa shape index (κ2) is 5.16. The van der Waals surface area contributed by atoms with Gasteiger partial charge in [-0.25, -0.2) is 4.79 Å². The summed E-state index contributed by atoms with van der Waals surface area (Å²) < 4.78 is 0.863. The maximum absolute atomic E-state index is 10.9. The van der Waals surface area contributed by atoms with Crippen molar-refractivity contribution in [2.24, 2.45) is 11.3 Å². The van der Waals surface area contributed by atoms with Crippen molar-refractivity contribution in [1.82, 2.24) is 0 Å². The number of carboxylic acid groups (broad SMARTS) is 1. The highest BCUT2D eigenvalue weighted by Crippen LogP contribution is 2.38. The minimum absolute atomic E-state index is 0.321. The van der Waals surface area contributed by atoms with Gasteiger partial charge in [0.2, 0.25) is 0 Å². The van der Waals surface area contributed by atoms with Crippen molar-refractivity contribution in [3.05, 3.63) is 28.2 Å². The standard InChI is InChI=1S/C15H20BrNO2/c1-15(2,3)11-6-7-17(9-11)13-5-4-10(14(18)19)8-12(13)16/h4-5,8,11H,6-7,9H2,1-3H3,(H,18,19). The minimum atomic E-state index is -0.888. The molecule has 0 aliphatic carbocycles. The quantitative estimate of drug-likeness (QED) is 0.892. The summed E-state index contributed by atoms with van der Waals surface area (Å²) in [4.78, 5) is 13.3. The summed E-state index contributed by atoms with van der Waals surface area (Å²) >= 11 is 3.49. The molecule has 1 aromatic carbocycles. The first-order valence-corrected chi connectivity index (χ1v) is 7.36. The van der Waals surface area contributed by atoms with Crippen molar-refractivity contribution in [2.75, 3.05) is 18.0 Å². The van der Waals surface area contributed by atoms with Crippen LogP contribution in [-0.4, -0.2) is 24.2 Å². The molecule has 1 saturated heterocycles. The highest BCUT2D eigenvalue weighted by molar-refractivity contribution is 9.10. The molecule has 0 radical (unpaired) electrons. The van der Waals surface area contributed by atoms with E-state index < -0.39 is 5.97 Å². The molecule has 104 valence electrons. The zero-order chi connectivity index (χ0) is 14.2. The molecule has 2 rings (SSSR count). The van der Waals surface area contributed by atoms with Crippen LogP contribution in [0.5, 0.6) is 0 Å². The highest BCUT2D eigenvalue weighted by Gasteiger charge is 2.32. The van der Waals surface area contributed by atoms with Crippen LogP contribution >= 0.6 is 15.9 Å². The van der Waals surface area contributed by atoms with E-state index in [4.69, 9.17) is 5.11 Å². The van der Waals surface area contributed by atoms with Crippen LogP contribution in [0.2, 0.25) is 0 Å². The highest BCUT2D eigenvalue weighted by atomic mass is 79.9. The van der Waals surface area contributed by atoms with E-state index in [2.05, 4.69) is 41.6 Å². The lowest BCUT2D eigenvalue weighted by atomic mass is 9.80. The van der Waals surface area contributed by atoms with Crippen LogP contribution in [0.15, 0.2) is 22.7 Å². The third kappa shape index (κ3) is 3.11. The predicted octanol–water partition coefficient (Wildman–Crippen LogP) is 4.02. The van der Waals surface area contributed by atoms with E-state index >= 15 is 0 Å². The SMILES string of the molecule is CC(C)(C)C1CCN(c2ccc(C(=O)O)cc2Br)C1. The van der Waals surface area contributed by atoms with Gasteiger partial charge in [0, 0.05) is 17.6 Å². The first-order valence-electron chi connectivity index (χ1n) is 6.57. The fourth-order valence-corrected chi connectivity index (χ4v) is 3.21. The molecule has 1 aliphatic rings. The lowest BCUT2D eigenvalue weighted by Gasteiger charge is -2.28. The van der Waals surface area contributed by atoms with Crippen molar-refractivity contribution in [3.63, 3.8) is 0 Å². The number of aromatic carboxylic acids is 1. The average Bonchev–Trinajstić information content (AvgIpc) is 2.77. The summed E-state index contributed by atoms with van der Waals surface area (Å²) in [5.41, 5.74) is 1.74. The summed E-state index contributed by atoms with van der Waals surface area (Å²) in [5, 5.41) is 8.98. The summed E-state index contributed by atoms with van der Waals surface area (Å²) in [5.74, 6) is -0.209. The van der Waals surface area contributed by atoms with Crippen molar-refractivity contribution in [3.8, 4) is 0 Å². The molecule has 1 unspecified atom stereocenters. The number of benzene rings is 1. The Morgan fingerprint density at radius 2 is 2.11 bits per heavy atom. The van der Waals surface area contributed by atoms with Gasteiger partial charge in [-0.05, 0) is 51.9 Å². The van der Waals surface area contributed by atoms with Crippen LogP contribution in [0.4, 0.5) is 5.69 Å². The van der Waals surface area contributed by atoms with Crippen molar-refractivity contribution in [2.45, 2.75) is 27.2 Å². The third-order valence-electron chi connectivity index (χ3n) is 3.95. The molecule has 0 spiro atoms. The molecular formula is C15H20BrNO2. The van der Waals surface area contributed by atoms with Crippen LogP contribution in [-0.2, 0) is 0 Å². The molecule has 1 fully saturated rings. The average molecular weight is 326 g/mol. The second-order valence-electron chi connectivity index (χ2n) is 6.27. The molecule has 4 heteroatoms. The number of anilines is 1. The lowest BCUT2D eigenvalue weighted by molar-refractivity contribution is 0.0697. The molecule has 0 amide bonds. The number of nitrogens with zero attached hydrogens (tertiary/aromatic N) is 1. The molecular weight excluding hydrogens is 306 g/mol. The summed E-state index contributed by atoms with van der Waals surface area (Å²) in [7, 11) is 0. The number of rotatable bonds is 2. The van der Waals surface area contributed by atoms with E-state index in [1.165, 1.54) is 6.42 Å². The molecule has 1 N–H and O–H groups in total. The minimum Gasteiger partial charge on any atom is -0.478 e. The van der Waals surface area contributed by atoms with E-state index in [1.54, 1.807) is 12.1 Å². The number of hydrogen-bond donors (Lipinski definition) is 1. The van der Waals surface area contributed by atoms with E-state index in [0.717, 1.165) is 23.2 Å². The Labute approximate surface area is 122 Å². The van der Waals surface area contributed by atoms with E-state index in [9.17, 15) is 4.79 Å². The van der Waals surface area contributed by atoms with Crippen molar-refractivity contribution in [1.29, 1.82) is 0 Å². The van der Waals surface area contributed by atoms with Gasteiger partial charge < -0.3 is 10.0 Å². The predicted molar refractivity (Wildman–Crippen MR) is 80.9 cm³/mol. The maximum atomic E-state index is 10.9. The molecule has 19 heavy (non-hydrogen) atoms.